The molecule has 3 rings (SSSR count). The lowest BCUT2D eigenvalue weighted by Crippen LogP contribution is -2.14. The maximum atomic E-state index is 12.9. The van der Waals surface area contributed by atoms with Crippen molar-refractivity contribution in [2.45, 2.75) is 25.7 Å². The van der Waals surface area contributed by atoms with E-state index in [1.54, 1.807) is 45.2 Å². The van der Waals surface area contributed by atoms with Crippen LogP contribution in [0.3, 0.4) is 0 Å². The summed E-state index contributed by atoms with van der Waals surface area (Å²) in [6, 6.07) is 11.1. The number of nitrogens with one attached hydrogen (secondary N) is 1. The van der Waals surface area contributed by atoms with E-state index in [0.717, 1.165) is 0 Å². The first-order chi connectivity index (χ1) is 13.3. The third kappa shape index (κ3) is 4.23. The normalized spacial score (nSPS) is 11.2. The summed E-state index contributed by atoms with van der Waals surface area (Å²) in [4.78, 5) is 15.9. The van der Waals surface area contributed by atoms with Crippen molar-refractivity contribution in [3.05, 3.63) is 65.7 Å². The molecule has 0 aliphatic rings. The molecular formula is C20H20N2O5S. The molecule has 1 N–H and O–H groups in total. The van der Waals surface area contributed by atoms with Crippen molar-refractivity contribution in [1.29, 1.82) is 0 Å². The van der Waals surface area contributed by atoms with E-state index in [-0.39, 0.29) is 11.5 Å². The summed E-state index contributed by atoms with van der Waals surface area (Å²) in [5.41, 5.74) is 1.90. The number of rotatable bonds is 6. The fourth-order valence-corrected chi connectivity index (χ4v) is 3.97. The van der Waals surface area contributed by atoms with E-state index in [4.69, 9.17) is 9.15 Å². The monoisotopic (exact) mass is 400 g/mol. The second kappa shape index (κ2) is 7.85. The number of hydrogen-bond donors (Lipinski definition) is 1. The number of esters is 1. The fourth-order valence-electron chi connectivity index (χ4n) is 2.64. The molecule has 7 nitrogen and oxygen atoms in total. The quantitative estimate of drug-likeness (QED) is 0.630. The second-order valence-corrected chi connectivity index (χ2v) is 7.78. The molecule has 0 saturated heterocycles. The molecule has 2 aromatic carbocycles. The molecule has 0 aliphatic heterocycles. The zero-order valence-corrected chi connectivity index (χ0v) is 16.5. The van der Waals surface area contributed by atoms with Crippen molar-refractivity contribution >= 4 is 21.7 Å². The molecule has 0 unspecified atom stereocenters. The minimum atomic E-state index is -3.84. The van der Waals surface area contributed by atoms with Crippen LogP contribution in [0, 0.1) is 13.8 Å². The van der Waals surface area contributed by atoms with Crippen LogP contribution in [-0.2, 0) is 14.8 Å². The Morgan fingerprint density at radius 3 is 2.46 bits per heavy atom. The molecule has 0 atom stereocenters. The lowest BCUT2D eigenvalue weighted by Gasteiger charge is -2.12. The fraction of sp³-hybridized carbons (Fsp3) is 0.200. The first kappa shape index (κ1) is 19.6. The standard InChI is InChI=1S/C20H20N2O5S/c1-4-26-20(23)15-7-9-17(10-8-15)22-28(24,25)19-11-16(6-5-13(19)2)18-12-21-14(3)27-18/h5-12,22H,4H2,1-3H3. The number of nitrogens with zero attached hydrogens (tertiary/aromatic N) is 1. The van der Waals surface area contributed by atoms with Crippen LogP contribution in [0.15, 0.2) is 58.0 Å². The summed E-state index contributed by atoms with van der Waals surface area (Å²) in [5.74, 6) is 0.537. The summed E-state index contributed by atoms with van der Waals surface area (Å²) in [6.07, 6.45) is 1.55. The molecule has 1 aromatic heterocycles. The summed E-state index contributed by atoms with van der Waals surface area (Å²) in [5, 5.41) is 0. The van der Waals surface area contributed by atoms with Crippen LogP contribution in [0.1, 0.15) is 28.7 Å². The predicted molar refractivity (Wildman–Crippen MR) is 105 cm³/mol. The van der Waals surface area contributed by atoms with Gasteiger partial charge in [0.2, 0.25) is 0 Å². The summed E-state index contributed by atoms with van der Waals surface area (Å²) in [6.45, 7) is 5.43. The first-order valence-electron chi connectivity index (χ1n) is 8.63. The Morgan fingerprint density at radius 2 is 1.86 bits per heavy atom. The van der Waals surface area contributed by atoms with Gasteiger partial charge in [-0.05, 0) is 49.7 Å². The average Bonchev–Trinajstić information content (AvgIpc) is 3.09. The van der Waals surface area contributed by atoms with Gasteiger partial charge in [0.05, 0.1) is 23.3 Å². The Morgan fingerprint density at radius 1 is 1.14 bits per heavy atom. The van der Waals surface area contributed by atoms with Crippen molar-refractivity contribution in [2.24, 2.45) is 0 Å². The number of aromatic nitrogens is 1. The van der Waals surface area contributed by atoms with Gasteiger partial charge in [-0.15, -0.1) is 0 Å². The highest BCUT2D eigenvalue weighted by atomic mass is 32.2. The van der Waals surface area contributed by atoms with Gasteiger partial charge in [0.25, 0.3) is 10.0 Å². The predicted octanol–water partition coefficient (Wildman–Crippen LogP) is 3.94. The van der Waals surface area contributed by atoms with Gasteiger partial charge in [-0.1, -0.05) is 12.1 Å². The van der Waals surface area contributed by atoms with Gasteiger partial charge in [0.1, 0.15) is 0 Å². The number of anilines is 1. The van der Waals surface area contributed by atoms with Crippen LogP contribution < -0.4 is 4.72 Å². The Balaban J connectivity index is 1.87. The maximum absolute atomic E-state index is 12.9. The van der Waals surface area contributed by atoms with E-state index in [0.29, 0.717) is 34.0 Å². The number of carbonyl (C=O) groups excluding carboxylic acids is 1. The third-order valence-corrected chi connectivity index (χ3v) is 5.55. The van der Waals surface area contributed by atoms with Gasteiger partial charge in [0.15, 0.2) is 11.7 Å². The van der Waals surface area contributed by atoms with Crippen LogP contribution >= 0.6 is 0 Å². The zero-order valence-electron chi connectivity index (χ0n) is 15.7. The number of oxazole rings is 1. The SMILES string of the molecule is CCOC(=O)c1ccc(NS(=O)(=O)c2cc(-c3cnc(C)o3)ccc2C)cc1. The van der Waals surface area contributed by atoms with Crippen molar-refractivity contribution < 1.29 is 22.4 Å². The highest BCUT2D eigenvalue weighted by Crippen LogP contribution is 2.27. The molecule has 0 fully saturated rings. The van der Waals surface area contributed by atoms with Crippen molar-refractivity contribution in [1.82, 2.24) is 4.98 Å². The smallest absolute Gasteiger partial charge is 0.338 e. The van der Waals surface area contributed by atoms with Crippen molar-refractivity contribution in [3.8, 4) is 11.3 Å². The lowest BCUT2D eigenvalue weighted by molar-refractivity contribution is 0.0526. The van der Waals surface area contributed by atoms with E-state index >= 15 is 0 Å². The topological polar surface area (TPSA) is 98.5 Å². The molecule has 3 aromatic rings. The molecule has 28 heavy (non-hydrogen) atoms. The second-order valence-electron chi connectivity index (χ2n) is 6.13. The molecule has 8 heteroatoms. The van der Waals surface area contributed by atoms with Gasteiger partial charge in [0, 0.05) is 18.2 Å². The first-order valence-corrected chi connectivity index (χ1v) is 10.1. The van der Waals surface area contributed by atoms with Crippen LogP contribution in [0.4, 0.5) is 5.69 Å². The van der Waals surface area contributed by atoms with Gasteiger partial charge in [-0.3, -0.25) is 4.72 Å². The Labute approximate surface area is 163 Å². The maximum Gasteiger partial charge on any atom is 0.338 e. The molecule has 0 amide bonds. The van der Waals surface area contributed by atoms with Crippen LogP contribution in [0.5, 0.6) is 0 Å². The van der Waals surface area contributed by atoms with Gasteiger partial charge in [-0.2, -0.15) is 0 Å². The molecule has 0 saturated carbocycles. The molecule has 0 bridgehead atoms. The minimum absolute atomic E-state index is 0.133. The van der Waals surface area contributed by atoms with E-state index in [1.807, 2.05) is 0 Å². The zero-order chi connectivity index (χ0) is 20.3. The molecule has 1 heterocycles. The molecule has 0 radical (unpaired) electrons. The van der Waals surface area contributed by atoms with Crippen LogP contribution in [-0.4, -0.2) is 26.0 Å². The van der Waals surface area contributed by atoms with E-state index < -0.39 is 16.0 Å². The number of benzene rings is 2. The highest BCUT2D eigenvalue weighted by molar-refractivity contribution is 7.92. The number of carbonyl (C=O) groups is 1. The Kier molecular flexibility index (Phi) is 5.51. The molecule has 0 aliphatic carbocycles. The number of sulfonamides is 1. The van der Waals surface area contributed by atoms with Gasteiger partial charge >= 0.3 is 5.97 Å². The molecule has 0 spiro atoms. The molecular weight excluding hydrogens is 380 g/mol. The Bertz CT molecular complexity index is 1100. The van der Waals surface area contributed by atoms with Crippen molar-refractivity contribution in [3.63, 3.8) is 0 Å². The van der Waals surface area contributed by atoms with Gasteiger partial charge < -0.3 is 9.15 Å². The largest absolute Gasteiger partial charge is 0.462 e. The third-order valence-electron chi connectivity index (χ3n) is 4.03. The highest BCUT2D eigenvalue weighted by Gasteiger charge is 2.19. The average molecular weight is 400 g/mol. The van der Waals surface area contributed by atoms with E-state index in [2.05, 4.69) is 9.71 Å². The lowest BCUT2D eigenvalue weighted by atomic mass is 10.1. The van der Waals surface area contributed by atoms with Gasteiger partial charge in [-0.25, -0.2) is 18.2 Å². The molecule has 146 valence electrons. The number of hydrogen-bond acceptors (Lipinski definition) is 6. The van der Waals surface area contributed by atoms with Crippen LogP contribution in [0.2, 0.25) is 0 Å². The Hall–Kier alpha value is -3.13. The van der Waals surface area contributed by atoms with Crippen molar-refractivity contribution in [2.75, 3.05) is 11.3 Å². The number of ether oxygens (including phenoxy) is 1. The minimum Gasteiger partial charge on any atom is -0.462 e. The summed E-state index contributed by atoms with van der Waals surface area (Å²) >= 11 is 0. The van der Waals surface area contributed by atoms with Crippen LogP contribution in [0.25, 0.3) is 11.3 Å². The van der Waals surface area contributed by atoms with E-state index in [9.17, 15) is 13.2 Å². The summed E-state index contributed by atoms with van der Waals surface area (Å²) < 4.78 is 38.7. The van der Waals surface area contributed by atoms with E-state index in [1.165, 1.54) is 24.3 Å². The summed E-state index contributed by atoms with van der Waals surface area (Å²) in [7, 11) is -3.84. The number of aryl methyl sites for hydroxylation is 2.